The van der Waals surface area contributed by atoms with Gasteiger partial charge in [0.05, 0.1) is 5.69 Å². The van der Waals surface area contributed by atoms with Crippen LogP contribution in [0.1, 0.15) is 25.7 Å². The van der Waals surface area contributed by atoms with E-state index in [1.165, 1.54) is 19.3 Å². The van der Waals surface area contributed by atoms with Gasteiger partial charge in [-0.05, 0) is 30.9 Å². The maximum absolute atomic E-state index is 11.6. The minimum Gasteiger partial charge on any atom is -0.396 e. The zero-order chi connectivity index (χ0) is 10.7. The molecule has 1 heterocycles. The largest absolute Gasteiger partial charge is 0.396 e. The van der Waals surface area contributed by atoms with Gasteiger partial charge in [0.25, 0.3) is 0 Å². The predicted molar refractivity (Wildman–Crippen MR) is 59.2 cm³/mol. The van der Waals surface area contributed by atoms with Crippen LogP contribution in [0.3, 0.4) is 0 Å². The summed E-state index contributed by atoms with van der Waals surface area (Å²) in [5.41, 5.74) is 6.18. The Labute approximate surface area is 88.9 Å². The highest BCUT2D eigenvalue weighted by Gasteiger charge is 2.20. The van der Waals surface area contributed by atoms with E-state index in [4.69, 9.17) is 5.73 Å². The van der Waals surface area contributed by atoms with Crippen molar-refractivity contribution in [3.8, 4) is 0 Å². The molecule has 15 heavy (non-hydrogen) atoms. The molecule has 2 rings (SSSR count). The summed E-state index contributed by atoms with van der Waals surface area (Å²) in [5, 5.41) is 2.73. The van der Waals surface area contributed by atoms with Crippen molar-refractivity contribution in [3.63, 3.8) is 0 Å². The van der Waals surface area contributed by atoms with Crippen LogP contribution in [0.15, 0.2) is 18.3 Å². The highest BCUT2D eigenvalue weighted by atomic mass is 16.1. The summed E-state index contributed by atoms with van der Waals surface area (Å²) in [4.78, 5) is 15.6. The van der Waals surface area contributed by atoms with E-state index in [1.807, 2.05) is 0 Å². The van der Waals surface area contributed by atoms with Gasteiger partial charge in [0.15, 0.2) is 5.82 Å². The summed E-state index contributed by atoms with van der Waals surface area (Å²) < 4.78 is 0. The SMILES string of the molecule is Nc1cccnc1NC(=O)CC1CCC1. The molecule has 0 atom stereocenters. The Morgan fingerprint density at radius 3 is 3.00 bits per heavy atom. The van der Waals surface area contributed by atoms with Crippen molar-refractivity contribution in [2.45, 2.75) is 25.7 Å². The second kappa shape index (κ2) is 4.29. The Morgan fingerprint density at radius 1 is 1.60 bits per heavy atom. The first-order valence-corrected chi connectivity index (χ1v) is 5.26. The summed E-state index contributed by atoms with van der Waals surface area (Å²) in [5.74, 6) is 1.06. The number of anilines is 2. The van der Waals surface area contributed by atoms with Crippen LogP contribution in [0.5, 0.6) is 0 Å². The standard InChI is InChI=1S/C11H15N3O/c12-9-5-2-6-13-11(9)14-10(15)7-8-3-1-4-8/h2,5-6,8H,1,3-4,7,12H2,(H,13,14,15). The molecular weight excluding hydrogens is 190 g/mol. The Bertz CT molecular complexity index is 361. The number of nitrogens with two attached hydrogens (primary N) is 1. The van der Waals surface area contributed by atoms with E-state index in [0.29, 0.717) is 23.8 Å². The van der Waals surface area contributed by atoms with Crippen molar-refractivity contribution in [3.05, 3.63) is 18.3 Å². The van der Waals surface area contributed by atoms with E-state index < -0.39 is 0 Å². The lowest BCUT2D eigenvalue weighted by Gasteiger charge is -2.24. The molecule has 80 valence electrons. The van der Waals surface area contributed by atoms with E-state index in [-0.39, 0.29) is 5.91 Å². The lowest BCUT2D eigenvalue weighted by atomic mass is 9.83. The maximum Gasteiger partial charge on any atom is 0.225 e. The van der Waals surface area contributed by atoms with E-state index in [2.05, 4.69) is 10.3 Å². The summed E-state index contributed by atoms with van der Waals surface area (Å²) >= 11 is 0. The summed E-state index contributed by atoms with van der Waals surface area (Å²) in [6.07, 6.45) is 5.81. The number of hydrogen-bond donors (Lipinski definition) is 2. The van der Waals surface area contributed by atoms with Crippen molar-refractivity contribution < 1.29 is 4.79 Å². The number of pyridine rings is 1. The number of nitrogens with zero attached hydrogens (tertiary/aromatic N) is 1. The van der Waals surface area contributed by atoms with Crippen LogP contribution in [0, 0.1) is 5.92 Å². The van der Waals surface area contributed by atoms with Crippen LogP contribution in [0.4, 0.5) is 11.5 Å². The Hall–Kier alpha value is -1.58. The third kappa shape index (κ3) is 2.46. The van der Waals surface area contributed by atoms with Crippen molar-refractivity contribution in [2.24, 2.45) is 5.92 Å². The van der Waals surface area contributed by atoms with E-state index >= 15 is 0 Å². The molecule has 0 spiro atoms. The topological polar surface area (TPSA) is 68.0 Å². The lowest BCUT2D eigenvalue weighted by molar-refractivity contribution is -0.117. The average Bonchev–Trinajstić information content (AvgIpc) is 2.16. The molecule has 0 saturated heterocycles. The minimum absolute atomic E-state index is 0.0186. The van der Waals surface area contributed by atoms with Crippen molar-refractivity contribution in [1.82, 2.24) is 4.98 Å². The molecule has 0 radical (unpaired) electrons. The molecule has 1 fully saturated rings. The smallest absolute Gasteiger partial charge is 0.225 e. The highest BCUT2D eigenvalue weighted by molar-refractivity contribution is 5.92. The molecule has 1 saturated carbocycles. The zero-order valence-corrected chi connectivity index (χ0v) is 8.57. The Balaban J connectivity index is 1.90. The first-order chi connectivity index (χ1) is 7.25. The number of aromatic nitrogens is 1. The van der Waals surface area contributed by atoms with Crippen LogP contribution in [-0.2, 0) is 4.79 Å². The normalized spacial score (nSPS) is 15.7. The molecule has 4 heteroatoms. The summed E-state index contributed by atoms with van der Waals surface area (Å²) in [6.45, 7) is 0. The molecule has 3 N–H and O–H groups in total. The molecule has 4 nitrogen and oxygen atoms in total. The van der Waals surface area contributed by atoms with Gasteiger partial charge in [-0.25, -0.2) is 4.98 Å². The first kappa shape index (κ1) is 9.96. The number of hydrogen-bond acceptors (Lipinski definition) is 3. The van der Waals surface area contributed by atoms with Crippen LogP contribution in [-0.4, -0.2) is 10.9 Å². The first-order valence-electron chi connectivity index (χ1n) is 5.26. The van der Waals surface area contributed by atoms with Gasteiger partial charge in [0, 0.05) is 12.6 Å². The third-order valence-electron chi connectivity index (χ3n) is 2.80. The second-order valence-electron chi connectivity index (χ2n) is 3.99. The predicted octanol–water partition coefficient (Wildman–Crippen LogP) is 1.79. The van der Waals surface area contributed by atoms with Crippen LogP contribution >= 0.6 is 0 Å². The van der Waals surface area contributed by atoms with Crippen LogP contribution in [0.2, 0.25) is 0 Å². The fourth-order valence-electron chi connectivity index (χ4n) is 1.66. The Morgan fingerprint density at radius 2 is 2.40 bits per heavy atom. The number of carbonyl (C=O) groups is 1. The van der Waals surface area contributed by atoms with Gasteiger partial charge >= 0.3 is 0 Å². The molecule has 1 aliphatic rings. The van der Waals surface area contributed by atoms with Crippen LogP contribution < -0.4 is 11.1 Å². The Kier molecular flexibility index (Phi) is 2.85. The minimum atomic E-state index is 0.0186. The van der Waals surface area contributed by atoms with Crippen LogP contribution in [0.25, 0.3) is 0 Å². The zero-order valence-electron chi connectivity index (χ0n) is 8.57. The van der Waals surface area contributed by atoms with Gasteiger partial charge in [-0.15, -0.1) is 0 Å². The maximum atomic E-state index is 11.6. The van der Waals surface area contributed by atoms with Crippen molar-refractivity contribution in [1.29, 1.82) is 0 Å². The lowest BCUT2D eigenvalue weighted by Crippen LogP contribution is -2.21. The van der Waals surface area contributed by atoms with Crippen molar-refractivity contribution in [2.75, 3.05) is 11.1 Å². The molecule has 0 bridgehead atoms. The van der Waals surface area contributed by atoms with E-state index in [0.717, 1.165) is 0 Å². The number of rotatable bonds is 3. The molecule has 1 aromatic heterocycles. The van der Waals surface area contributed by atoms with Gasteiger partial charge in [-0.2, -0.15) is 0 Å². The fraction of sp³-hybridized carbons (Fsp3) is 0.455. The second-order valence-corrected chi connectivity index (χ2v) is 3.99. The highest BCUT2D eigenvalue weighted by Crippen LogP contribution is 2.29. The summed E-state index contributed by atoms with van der Waals surface area (Å²) in [7, 11) is 0. The number of carbonyl (C=O) groups excluding carboxylic acids is 1. The van der Waals surface area contributed by atoms with E-state index in [1.54, 1.807) is 18.3 Å². The molecule has 1 aliphatic carbocycles. The number of nitrogen functional groups attached to an aromatic ring is 1. The molecular formula is C11H15N3O. The molecule has 0 unspecified atom stereocenters. The van der Waals surface area contributed by atoms with Gasteiger partial charge in [0.1, 0.15) is 0 Å². The van der Waals surface area contributed by atoms with Gasteiger partial charge in [0.2, 0.25) is 5.91 Å². The van der Waals surface area contributed by atoms with E-state index in [9.17, 15) is 4.79 Å². The molecule has 0 aliphatic heterocycles. The monoisotopic (exact) mass is 205 g/mol. The molecule has 1 aromatic rings. The number of amides is 1. The average molecular weight is 205 g/mol. The van der Waals surface area contributed by atoms with Gasteiger partial charge in [-0.3, -0.25) is 4.79 Å². The quantitative estimate of drug-likeness (QED) is 0.790. The third-order valence-corrected chi connectivity index (χ3v) is 2.80. The fourth-order valence-corrected chi connectivity index (χ4v) is 1.66. The summed E-state index contributed by atoms with van der Waals surface area (Å²) in [6, 6.07) is 3.48. The molecule has 1 amide bonds. The number of nitrogens with one attached hydrogen (secondary N) is 1. The van der Waals surface area contributed by atoms with Gasteiger partial charge in [-0.1, -0.05) is 6.42 Å². The van der Waals surface area contributed by atoms with Crippen molar-refractivity contribution >= 4 is 17.4 Å². The molecule has 0 aromatic carbocycles. The van der Waals surface area contributed by atoms with Gasteiger partial charge < -0.3 is 11.1 Å².